The highest BCUT2D eigenvalue weighted by Gasteiger charge is 2.12. The molecule has 0 aliphatic carbocycles. The van der Waals surface area contributed by atoms with Crippen molar-refractivity contribution < 1.29 is 0 Å². The average molecular weight is 399 g/mol. The molecule has 3 heteroatoms. The SMILES string of the molecule is NCc1cc2ccccc2cc1-c1ccc(-n2c3ccccc3c3cnccc32)cc1. The highest BCUT2D eigenvalue weighted by molar-refractivity contribution is 6.08. The van der Waals surface area contributed by atoms with E-state index < -0.39 is 0 Å². The monoisotopic (exact) mass is 399 g/mol. The van der Waals surface area contributed by atoms with E-state index in [0.29, 0.717) is 6.54 Å². The van der Waals surface area contributed by atoms with Crippen LogP contribution in [0.25, 0.3) is 49.4 Å². The normalized spacial score (nSPS) is 11.5. The molecule has 0 atom stereocenters. The second-order valence-electron chi connectivity index (χ2n) is 7.85. The van der Waals surface area contributed by atoms with Crippen molar-refractivity contribution in [2.75, 3.05) is 0 Å². The van der Waals surface area contributed by atoms with Gasteiger partial charge in [-0.05, 0) is 63.9 Å². The molecule has 2 heterocycles. The van der Waals surface area contributed by atoms with Gasteiger partial charge in [0.05, 0.1) is 11.0 Å². The molecule has 0 bridgehead atoms. The largest absolute Gasteiger partial charge is 0.326 e. The zero-order valence-corrected chi connectivity index (χ0v) is 17.0. The summed E-state index contributed by atoms with van der Waals surface area (Å²) in [4.78, 5) is 4.34. The Morgan fingerprint density at radius 3 is 2.23 bits per heavy atom. The molecule has 0 unspecified atom stereocenters. The van der Waals surface area contributed by atoms with Crippen LogP contribution in [-0.2, 0) is 6.54 Å². The van der Waals surface area contributed by atoms with Crippen molar-refractivity contribution >= 4 is 32.6 Å². The standard InChI is InChI=1S/C28H21N3/c29-17-22-15-20-5-1-2-6-21(20)16-25(22)19-9-11-23(12-10-19)31-27-8-4-3-7-24(27)26-18-30-14-13-28(26)31/h1-16,18H,17,29H2. The number of benzene rings is 4. The van der Waals surface area contributed by atoms with E-state index >= 15 is 0 Å². The Bertz CT molecular complexity index is 1510. The van der Waals surface area contributed by atoms with E-state index in [4.69, 9.17) is 5.73 Å². The van der Waals surface area contributed by atoms with Gasteiger partial charge in [0.25, 0.3) is 0 Å². The van der Waals surface area contributed by atoms with E-state index in [1.807, 2.05) is 12.4 Å². The molecule has 0 radical (unpaired) electrons. The van der Waals surface area contributed by atoms with Crippen molar-refractivity contribution in [2.45, 2.75) is 6.54 Å². The lowest BCUT2D eigenvalue weighted by Gasteiger charge is -2.13. The lowest BCUT2D eigenvalue weighted by atomic mass is 9.95. The van der Waals surface area contributed by atoms with Crippen LogP contribution in [0, 0.1) is 0 Å². The Morgan fingerprint density at radius 1 is 0.710 bits per heavy atom. The maximum atomic E-state index is 6.10. The third kappa shape index (κ3) is 2.82. The summed E-state index contributed by atoms with van der Waals surface area (Å²) < 4.78 is 2.31. The van der Waals surface area contributed by atoms with Crippen LogP contribution in [0.3, 0.4) is 0 Å². The van der Waals surface area contributed by atoms with Gasteiger partial charge in [0, 0.05) is 35.4 Å². The first-order chi connectivity index (χ1) is 15.3. The predicted molar refractivity (Wildman–Crippen MR) is 129 cm³/mol. The van der Waals surface area contributed by atoms with Crippen LogP contribution in [0.1, 0.15) is 5.56 Å². The molecule has 6 aromatic rings. The number of hydrogen-bond acceptors (Lipinski definition) is 2. The van der Waals surface area contributed by atoms with Crippen molar-refractivity contribution in [1.29, 1.82) is 0 Å². The van der Waals surface area contributed by atoms with Crippen molar-refractivity contribution in [3.63, 3.8) is 0 Å². The van der Waals surface area contributed by atoms with Gasteiger partial charge in [-0.15, -0.1) is 0 Å². The third-order valence-electron chi connectivity index (χ3n) is 6.10. The Morgan fingerprint density at radius 2 is 1.42 bits per heavy atom. The molecular formula is C28H21N3. The predicted octanol–water partition coefficient (Wildman–Crippen LogP) is 6.46. The van der Waals surface area contributed by atoms with E-state index in [2.05, 4.69) is 101 Å². The minimum Gasteiger partial charge on any atom is -0.326 e. The molecule has 0 saturated heterocycles. The van der Waals surface area contributed by atoms with Crippen LogP contribution in [0.4, 0.5) is 0 Å². The van der Waals surface area contributed by atoms with Crippen LogP contribution in [-0.4, -0.2) is 9.55 Å². The van der Waals surface area contributed by atoms with Crippen LogP contribution in [0.2, 0.25) is 0 Å². The smallest absolute Gasteiger partial charge is 0.0571 e. The second kappa shape index (κ2) is 7.08. The van der Waals surface area contributed by atoms with Gasteiger partial charge in [-0.2, -0.15) is 0 Å². The molecule has 0 aliphatic rings. The molecule has 0 spiro atoms. The lowest BCUT2D eigenvalue weighted by molar-refractivity contribution is 1.08. The molecule has 4 aromatic carbocycles. The topological polar surface area (TPSA) is 43.8 Å². The number of fused-ring (bicyclic) bond motifs is 4. The van der Waals surface area contributed by atoms with Crippen molar-refractivity contribution in [3.8, 4) is 16.8 Å². The van der Waals surface area contributed by atoms with Gasteiger partial charge in [0.1, 0.15) is 0 Å². The summed E-state index contributed by atoms with van der Waals surface area (Å²) in [7, 11) is 0. The number of nitrogens with two attached hydrogens (primary N) is 1. The fourth-order valence-electron chi connectivity index (χ4n) is 4.61. The molecule has 0 amide bonds. The van der Waals surface area contributed by atoms with Crippen molar-refractivity contribution in [1.82, 2.24) is 9.55 Å². The van der Waals surface area contributed by atoms with Crippen LogP contribution in [0.5, 0.6) is 0 Å². The van der Waals surface area contributed by atoms with Gasteiger partial charge >= 0.3 is 0 Å². The number of rotatable bonds is 3. The summed E-state index contributed by atoms with van der Waals surface area (Å²) in [5.41, 5.74) is 13.1. The number of nitrogens with zero attached hydrogens (tertiary/aromatic N) is 2. The van der Waals surface area contributed by atoms with Gasteiger partial charge < -0.3 is 10.3 Å². The number of para-hydroxylation sites is 1. The number of pyridine rings is 1. The maximum absolute atomic E-state index is 6.10. The molecule has 0 fully saturated rings. The second-order valence-corrected chi connectivity index (χ2v) is 7.85. The van der Waals surface area contributed by atoms with Gasteiger partial charge in [-0.25, -0.2) is 0 Å². The Balaban J connectivity index is 1.52. The summed E-state index contributed by atoms with van der Waals surface area (Å²) in [6, 6.07) is 32.2. The molecule has 0 aliphatic heterocycles. The minimum absolute atomic E-state index is 0.516. The summed E-state index contributed by atoms with van der Waals surface area (Å²) >= 11 is 0. The highest BCUT2D eigenvalue weighted by atomic mass is 15.0. The molecule has 0 saturated carbocycles. The minimum atomic E-state index is 0.516. The maximum Gasteiger partial charge on any atom is 0.0571 e. The molecule has 2 aromatic heterocycles. The Kier molecular flexibility index (Phi) is 4.08. The summed E-state index contributed by atoms with van der Waals surface area (Å²) in [5.74, 6) is 0. The fourth-order valence-corrected chi connectivity index (χ4v) is 4.61. The summed E-state index contributed by atoms with van der Waals surface area (Å²) in [6.45, 7) is 0.516. The summed E-state index contributed by atoms with van der Waals surface area (Å²) in [5, 5.41) is 4.84. The quantitative estimate of drug-likeness (QED) is 0.371. The van der Waals surface area contributed by atoms with Crippen molar-refractivity contribution in [3.05, 3.63) is 109 Å². The average Bonchev–Trinajstić information content (AvgIpc) is 3.18. The Hall–Kier alpha value is -3.95. The van der Waals surface area contributed by atoms with Crippen LogP contribution < -0.4 is 5.73 Å². The molecule has 148 valence electrons. The first-order valence-corrected chi connectivity index (χ1v) is 10.5. The first kappa shape index (κ1) is 17.9. The summed E-state index contributed by atoms with van der Waals surface area (Å²) in [6.07, 6.45) is 3.81. The van der Waals surface area contributed by atoms with Crippen molar-refractivity contribution in [2.24, 2.45) is 5.73 Å². The molecule has 2 N–H and O–H groups in total. The van der Waals surface area contributed by atoms with Gasteiger partial charge in [0.2, 0.25) is 0 Å². The highest BCUT2D eigenvalue weighted by Crippen LogP contribution is 2.33. The molecule has 31 heavy (non-hydrogen) atoms. The van der Waals surface area contributed by atoms with E-state index in [9.17, 15) is 0 Å². The van der Waals surface area contributed by atoms with E-state index in [-0.39, 0.29) is 0 Å². The van der Waals surface area contributed by atoms with E-state index in [0.717, 1.165) is 16.8 Å². The van der Waals surface area contributed by atoms with Crippen LogP contribution in [0.15, 0.2) is 103 Å². The van der Waals surface area contributed by atoms with Crippen LogP contribution >= 0.6 is 0 Å². The lowest BCUT2D eigenvalue weighted by Crippen LogP contribution is -1.99. The zero-order valence-electron chi connectivity index (χ0n) is 17.0. The third-order valence-corrected chi connectivity index (χ3v) is 6.10. The number of aromatic nitrogens is 2. The van der Waals surface area contributed by atoms with Gasteiger partial charge in [0.15, 0.2) is 0 Å². The molecule has 3 nitrogen and oxygen atoms in total. The molecule has 6 rings (SSSR count). The zero-order chi connectivity index (χ0) is 20.8. The Labute approximate surface area is 180 Å². The van der Waals surface area contributed by atoms with E-state index in [1.54, 1.807) is 0 Å². The van der Waals surface area contributed by atoms with Gasteiger partial charge in [-0.1, -0.05) is 54.6 Å². The van der Waals surface area contributed by atoms with Gasteiger partial charge in [-0.3, -0.25) is 4.98 Å². The van der Waals surface area contributed by atoms with E-state index in [1.165, 1.54) is 38.2 Å². The fraction of sp³-hybridized carbons (Fsp3) is 0.0357. The molecular weight excluding hydrogens is 378 g/mol. The first-order valence-electron chi connectivity index (χ1n) is 10.5. The number of hydrogen-bond donors (Lipinski definition) is 1.